The zero-order chi connectivity index (χ0) is 12.1. The van der Waals surface area contributed by atoms with Gasteiger partial charge >= 0.3 is 0 Å². The van der Waals surface area contributed by atoms with Crippen molar-refractivity contribution >= 4 is 0 Å². The first kappa shape index (κ1) is 13.1. The number of hydrogen-bond acceptors (Lipinski definition) is 1. The van der Waals surface area contributed by atoms with Crippen LogP contribution in [0.5, 0.6) is 0 Å². The third-order valence-electron chi connectivity index (χ3n) is 2.90. The second kappa shape index (κ2) is 5.94. The molecular weight excluding hydrogens is 208 g/mol. The van der Waals surface area contributed by atoms with Gasteiger partial charge in [0.15, 0.2) is 0 Å². The van der Waals surface area contributed by atoms with Crippen molar-refractivity contribution in [1.82, 2.24) is 5.32 Å². The van der Waals surface area contributed by atoms with Gasteiger partial charge in [0, 0.05) is 0 Å². The van der Waals surface area contributed by atoms with Crippen LogP contribution in [-0.4, -0.2) is 13.6 Å². The lowest BCUT2D eigenvalue weighted by molar-refractivity contribution is 0.365. The summed E-state index contributed by atoms with van der Waals surface area (Å²) in [6, 6.07) is 3.64. The van der Waals surface area contributed by atoms with Crippen LogP contribution in [0.1, 0.15) is 19.4 Å². The monoisotopic (exact) mass is 227 g/mol. The molecule has 0 spiro atoms. The van der Waals surface area contributed by atoms with E-state index in [0.717, 1.165) is 12.6 Å². The standard InChI is InChI=1S/C13H19F2N/c1-9(2)11(8-16-3)6-10-7-12(14)4-5-13(10)15/h4-5,7,9,11,16H,6,8H2,1-3H3. The topological polar surface area (TPSA) is 12.0 Å². The van der Waals surface area contributed by atoms with Gasteiger partial charge in [-0.3, -0.25) is 0 Å². The highest BCUT2D eigenvalue weighted by molar-refractivity contribution is 5.19. The van der Waals surface area contributed by atoms with Gasteiger partial charge in [0.25, 0.3) is 0 Å². The van der Waals surface area contributed by atoms with Crippen LogP contribution >= 0.6 is 0 Å². The van der Waals surface area contributed by atoms with E-state index in [9.17, 15) is 8.78 Å². The summed E-state index contributed by atoms with van der Waals surface area (Å²) in [5, 5.41) is 3.09. The zero-order valence-electron chi connectivity index (χ0n) is 10.1. The Balaban J connectivity index is 2.80. The third kappa shape index (κ3) is 3.56. The molecule has 1 N–H and O–H groups in total. The summed E-state index contributed by atoms with van der Waals surface area (Å²) in [5.74, 6) is 0.0722. The average Bonchev–Trinajstić information content (AvgIpc) is 2.22. The van der Waals surface area contributed by atoms with Gasteiger partial charge in [-0.15, -0.1) is 0 Å². The predicted octanol–water partition coefficient (Wildman–Crippen LogP) is 3.00. The summed E-state index contributed by atoms with van der Waals surface area (Å²) in [4.78, 5) is 0. The Morgan fingerprint density at radius 1 is 1.25 bits per heavy atom. The molecule has 1 aromatic carbocycles. The molecule has 16 heavy (non-hydrogen) atoms. The number of hydrogen-bond donors (Lipinski definition) is 1. The Morgan fingerprint density at radius 3 is 2.50 bits per heavy atom. The first-order valence-corrected chi connectivity index (χ1v) is 5.63. The van der Waals surface area contributed by atoms with Crippen molar-refractivity contribution in [3.05, 3.63) is 35.4 Å². The molecule has 0 aliphatic carbocycles. The third-order valence-corrected chi connectivity index (χ3v) is 2.90. The van der Waals surface area contributed by atoms with E-state index in [1.165, 1.54) is 12.1 Å². The number of halogens is 2. The molecule has 0 aliphatic heterocycles. The number of benzene rings is 1. The van der Waals surface area contributed by atoms with Crippen molar-refractivity contribution < 1.29 is 8.78 Å². The first-order valence-electron chi connectivity index (χ1n) is 5.63. The minimum absolute atomic E-state index is 0.317. The second-order valence-corrected chi connectivity index (χ2v) is 4.50. The Bertz CT molecular complexity index is 337. The summed E-state index contributed by atoms with van der Waals surface area (Å²) in [7, 11) is 1.87. The van der Waals surface area contributed by atoms with Crippen molar-refractivity contribution in [1.29, 1.82) is 0 Å². The second-order valence-electron chi connectivity index (χ2n) is 4.50. The zero-order valence-corrected chi connectivity index (χ0v) is 10.1. The van der Waals surface area contributed by atoms with Gasteiger partial charge in [0.1, 0.15) is 11.6 Å². The van der Waals surface area contributed by atoms with Crippen LogP contribution in [0.4, 0.5) is 8.78 Å². The van der Waals surface area contributed by atoms with E-state index in [4.69, 9.17) is 0 Å². The van der Waals surface area contributed by atoms with Gasteiger partial charge in [-0.25, -0.2) is 8.78 Å². The van der Waals surface area contributed by atoms with E-state index < -0.39 is 0 Å². The molecule has 0 radical (unpaired) electrons. The van der Waals surface area contributed by atoms with Gasteiger partial charge in [-0.1, -0.05) is 13.8 Å². The van der Waals surface area contributed by atoms with Gasteiger partial charge in [-0.2, -0.15) is 0 Å². The Hall–Kier alpha value is -0.960. The fourth-order valence-electron chi connectivity index (χ4n) is 1.79. The lowest BCUT2D eigenvalue weighted by Crippen LogP contribution is -2.25. The molecule has 0 saturated carbocycles. The summed E-state index contributed by atoms with van der Waals surface area (Å²) in [6.07, 6.45) is 0.572. The van der Waals surface area contributed by atoms with E-state index in [0.29, 0.717) is 23.8 Å². The fraction of sp³-hybridized carbons (Fsp3) is 0.538. The highest BCUT2D eigenvalue weighted by atomic mass is 19.1. The molecule has 0 saturated heterocycles. The van der Waals surface area contributed by atoms with Crippen molar-refractivity contribution in [3.8, 4) is 0 Å². The molecule has 1 aromatic rings. The molecule has 1 unspecified atom stereocenters. The normalized spacial score (nSPS) is 13.1. The maximum absolute atomic E-state index is 13.4. The smallest absolute Gasteiger partial charge is 0.126 e. The minimum atomic E-state index is -0.372. The van der Waals surface area contributed by atoms with Crippen molar-refractivity contribution in [2.75, 3.05) is 13.6 Å². The van der Waals surface area contributed by atoms with E-state index in [1.807, 2.05) is 7.05 Å². The van der Waals surface area contributed by atoms with Crippen LogP contribution < -0.4 is 5.32 Å². The summed E-state index contributed by atoms with van der Waals surface area (Å²) in [5.41, 5.74) is 0.467. The van der Waals surface area contributed by atoms with Crippen molar-refractivity contribution in [2.45, 2.75) is 20.3 Å². The van der Waals surface area contributed by atoms with Crippen LogP contribution in [-0.2, 0) is 6.42 Å². The summed E-state index contributed by atoms with van der Waals surface area (Å²) < 4.78 is 26.4. The lowest BCUT2D eigenvalue weighted by Gasteiger charge is -2.20. The van der Waals surface area contributed by atoms with Crippen molar-refractivity contribution in [2.24, 2.45) is 11.8 Å². The van der Waals surface area contributed by atoms with Gasteiger partial charge in [0.2, 0.25) is 0 Å². The Morgan fingerprint density at radius 2 is 1.94 bits per heavy atom. The van der Waals surface area contributed by atoms with Crippen LogP contribution in [0, 0.1) is 23.5 Å². The fourth-order valence-corrected chi connectivity index (χ4v) is 1.79. The molecule has 0 fully saturated rings. The first-order chi connectivity index (χ1) is 7.54. The highest BCUT2D eigenvalue weighted by Crippen LogP contribution is 2.19. The maximum atomic E-state index is 13.4. The van der Waals surface area contributed by atoms with Crippen LogP contribution in [0.25, 0.3) is 0 Å². The van der Waals surface area contributed by atoms with E-state index in [1.54, 1.807) is 0 Å². The van der Waals surface area contributed by atoms with Crippen LogP contribution in [0.2, 0.25) is 0 Å². The molecule has 3 heteroatoms. The van der Waals surface area contributed by atoms with Crippen LogP contribution in [0.3, 0.4) is 0 Å². The molecule has 0 aliphatic rings. The number of rotatable bonds is 5. The highest BCUT2D eigenvalue weighted by Gasteiger charge is 2.15. The number of nitrogens with one attached hydrogen (secondary N) is 1. The lowest BCUT2D eigenvalue weighted by atomic mass is 9.89. The molecule has 1 atom stereocenters. The van der Waals surface area contributed by atoms with E-state index in [2.05, 4.69) is 19.2 Å². The predicted molar refractivity (Wildman–Crippen MR) is 62.3 cm³/mol. The Labute approximate surface area is 95.9 Å². The molecule has 90 valence electrons. The molecule has 0 amide bonds. The molecule has 0 heterocycles. The quantitative estimate of drug-likeness (QED) is 0.815. The van der Waals surface area contributed by atoms with Gasteiger partial charge in [-0.05, 0) is 55.6 Å². The molecule has 0 aromatic heterocycles. The Kier molecular flexibility index (Phi) is 4.87. The molecule has 0 bridgehead atoms. The summed E-state index contributed by atoms with van der Waals surface area (Å²) in [6.45, 7) is 5.01. The molecular formula is C13H19F2N. The van der Waals surface area contributed by atoms with Gasteiger partial charge in [0.05, 0.1) is 0 Å². The van der Waals surface area contributed by atoms with Crippen molar-refractivity contribution in [3.63, 3.8) is 0 Å². The molecule has 1 rings (SSSR count). The molecule has 1 nitrogen and oxygen atoms in total. The SMILES string of the molecule is CNCC(Cc1cc(F)ccc1F)C(C)C. The largest absolute Gasteiger partial charge is 0.319 e. The van der Waals surface area contributed by atoms with E-state index >= 15 is 0 Å². The van der Waals surface area contributed by atoms with E-state index in [-0.39, 0.29) is 11.6 Å². The minimum Gasteiger partial charge on any atom is -0.319 e. The maximum Gasteiger partial charge on any atom is 0.126 e. The van der Waals surface area contributed by atoms with Crippen LogP contribution in [0.15, 0.2) is 18.2 Å². The average molecular weight is 227 g/mol. The summed E-state index contributed by atoms with van der Waals surface area (Å²) >= 11 is 0. The van der Waals surface area contributed by atoms with Gasteiger partial charge < -0.3 is 5.32 Å².